The van der Waals surface area contributed by atoms with Crippen LogP contribution in [0.4, 0.5) is 0 Å². The molecule has 0 aliphatic heterocycles. The third-order valence-electron chi connectivity index (χ3n) is 3.82. The summed E-state index contributed by atoms with van der Waals surface area (Å²) in [5.74, 6) is 0.587. The van der Waals surface area contributed by atoms with Crippen LogP contribution in [0.1, 0.15) is 12.5 Å². The molecule has 0 amide bonds. The number of benzene rings is 2. The number of H-pyrrole nitrogens is 1. The molecule has 0 aliphatic rings. The quantitative estimate of drug-likeness (QED) is 0.726. The number of aromatic nitrogens is 1. The average molecular weight is 309 g/mol. The predicted molar refractivity (Wildman–Crippen MR) is 90.6 cm³/mol. The molecule has 3 rings (SSSR count). The van der Waals surface area contributed by atoms with Crippen molar-refractivity contribution in [1.82, 2.24) is 4.98 Å². The number of para-hydroxylation sites is 1. The lowest BCUT2D eigenvalue weighted by Crippen LogP contribution is -2.07. The molecule has 0 saturated carbocycles. The van der Waals surface area contributed by atoms with Crippen LogP contribution in [-0.2, 0) is 16.0 Å². The summed E-state index contributed by atoms with van der Waals surface area (Å²) in [4.78, 5) is 15.4. The highest BCUT2D eigenvalue weighted by Gasteiger charge is 2.16. The van der Waals surface area contributed by atoms with Gasteiger partial charge in [0.2, 0.25) is 0 Å². The van der Waals surface area contributed by atoms with E-state index in [2.05, 4.69) is 4.98 Å². The van der Waals surface area contributed by atoms with Crippen LogP contribution in [0.2, 0.25) is 0 Å². The molecule has 4 heteroatoms. The highest BCUT2D eigenvalue weighted by Crippen LogP contribution is 2.31. The summed E-state index contributed by atoms with van der Waals surface area (Å²) >= 11 is 0. The number of esters is 1. The molecule has 0 radical (unpaired) electrons. The fourth-order valence-electron chi connectivity index (χ4n) is 2.74. The summed E-state index contributed by atoms with van der Waals surface area (Å²) in [5, 5.41) is 1.05. The number of hydrogen-bond donors (Lipinski definition) is 1. The Morgan fingerprint density at radius 3 is 2.52 bits per heavy atom. The van der Waals surface area contributed by atoms with Gasteiger partial charge >= 0.3 is 5.97 Å². The maximum Gasteiger partial charge on any atom is 0.310 e. The van der Waals surface area contributed by atoms with Crippen LogP contribution >= 0.6 is 0 Å². The van der Waals surface area contributed by atoms with Crippen molar-refractivity contribution in [2.24, 2.45) is 0 Å². The highest BCUT2D eigenvalue weighted by atomic mass is 16.5. The Balaban J connectivity index is 2.08. The van der Waals surface area contributed by atoms with Gasteiger partial charge in [0, 0.05) is 10.9 Å². The summed E-state index contributed by atoms with van der Waals surface area (Å²) in [6, 6.07) is 15.8. The van der Waals surface area contributed by atoms with Gasteiger partial charge in [0.05, 0.1) is 25.8 Å². The maximum atomic E-state index is 12.0. The first kappa shape index (κ1) is 15.2. The smallest absolute Gasteiger partial charge is 0.310 e. The molecule has 0 atom stereocenters. The highest BCUT2D eigenvalue weighted by molar-refractivity contribution is 5.94. The lowest BCUT2D eigenvalue weighted by molar-refractivity contribution is -0.142. The van der Waals surface area contributed by atoms with Gasteiger partial charge in [-0.1, -0.05) is 18.2 Å². The Morgan fingerprint density at radius 2 is 1.83 bits per heavy atom. The number of ether oxygens (including phenoxy) is 2. The van der Waals surface area contributed by atoms with Crippen molar-refractivity contribution < 1.29 is 14.3 Å². The Hall–Kier alpha value is -2.75. The third-order valence-corrected chi connectivity index (χ3v) is 3.82. The van der Waals surface area contributed by atoms with Crippen molar-refractivity contribution in [3.05, 3.63) is 54.1 Å². The Kier molecular flexibility index (Phi) is 4.33. The number of aromatic amines is 1. The fraction of sp³-hybridized carbons (Fsp3) is 0.211. The van der Waals surface area contributed by atoms with E-state index in [-0.39, 0.29) is 12.4 Å². The summed E-state index contributed by atoms with van der Waals surface area (Å²) in [6.07, 6.45) is 0.249. The van der Waals surface area contributed by atoms with Gasteiger partial charge in [-0.3, -0.25) is 4.79 Å². The molecule has 4 nitrogen and oxygen atoms in total. The first-order valence-corrected chi connectivity index (χ1v) is 7.62. The summed E-state index contributed by atoms with van der Waals surface area (Å²) in [5.41, 5.74) is 3.94. The van der Waals surface area contributed by atoms with E-state index in [1.54, 1.807) is 7.11 Å². The first-order chi connectivity index (χ1) is 11.2. The normalized spacial score (nSPS) is 10.7. The molecule has 2 aromatic carbocycles. The van der Waals surface area contributed by atoms with Crippen molar-refractivity contribution >= 4 is 16.9 Å². The van der Waals surface area contributed by atoms with Crippen LogP contribution in [-0.4, -0.2) is 24.7 Å². The number of fused-ring (bicyclic) bond motifs is 1. The minimum absolute atomic E-state index is 0.216. The van der Waals surface area contributed by atoms with Crippen LogP contribution in [0.5, 0.6) is 5.75 Å². The zero-order valence-electron chi connectivity index (χ0n) is 13.3. The van der Waals surface area contributed by atoms with Crippen LogP contribution in [0.25, 0.3) is 22.2 Å². The van der Waals surface area contributed by atoms with E-state index in [0.29, 0.717) is 6.61 Å². The number of hydrogen-bond acceptors (Lipinski definition) is 3. The zero-order chi connectivity index (χ0) is 16.2. The second-order valence-electron chi connectivity index (χ2n) is 5.23. The Labute approximate surface area is 135 Å². The molecule has 1 N–H and O–H groups in total. The average Bonchev–Trinajstić information content (AvgIpc) is 2.94. The van der Waals surface area contributed by atoms with Crippen molar-refractivity contribution in [3.8, 4) is 17.0 Å². The second-order valence-corrected chi connectivity index (χ2v) is 5.23. The summed E-state index contributed by atoms with van der Waals surface area (Å²) < 4.78 is 10.3. The van der Waals surface area contributed by atoms with Gasteiger partial charge in [0.15, 0.2) is 0 Å². The monoisotopic (exact) mass is 309 g/mol. The molecule has 1 heterocycles. The largest absolute Gasteiger partial charge is 0.497 e. The van der Waals surface area contributed by atoms with Gasteiger partial charge in [0.25, 0.3) is 0 Å². The van der Waals surface area contributed by atoms with Gasteiger partial charge < -0.3 is 14.5 Å². The van der Waals surface area contributed by atoms with Crippen LogP contribution < -0.4 is 4.74 Å². The molecule has 0 saturated heterocycles. The molecular weight excluding hydrogens is 290 g/mol. The first-order valence-electron chi connectivity index (χ1n) is 7.62. The minimum atomic E-state index is -0.216. The molecule has 0 bridgehead atoms. The van der Waals surface area contributed by atoms with Gasteiger partial charge in [-0.15, -0.1) is 0 Å². The zero-order valence-corrected chi connectivity index (χ0v) is 13.3. The van der Waals surface area contributed by atoms with E-state index < -0.39 is 0 Å². The standard InChI is InChI=1S/C19H19NO3/c1-3-23-18(21)12-16-15-6-4-5-7-17(15)20-19(16)13-8-10-14(22-2)11-9-13/h4-11,20H,3,12H2,1-2H3. The fourth-order valence-corrected chi connectivity index (χ4v) is 2.74. The SMILES string of the molecule is CCOC(=O)Cc1c(-c2ccc(OC)cc2)[nH]c2ccccc12. The minimum Gasteiger partial charge on any atom is -0.497 e. The van der Waals surface area contributed by atoms with Crippen LogP contribution in [0.3, 0.4) is 0 Å². The molecule has 0 unspecified atom stereocenters. The number of carbonyl (C=O) groups excluding carboxylic acids is 1. The second kappa shape index (κ2) is 6.57. The van der Waals surface area contributed by atoms with Gasteiger partial charge in [-0.25, -0.2) is 0 Å². The van der Waals surface area contributed by atoms with E-state index >= 15 is 0 Å². The lowest BCUT2D eigenvalue weighted by Gasteiger charge is -2.06. The number of carbonyl (C=O) groups is 1. The van der Waals surface area contributed by atoms with E-state index in [0.717, 1.165) is 33.5 Å². The topological polar surface area (TPSA) is 51.3 Å². The third kappa shape index (κ3) is 3.06. The summed E-state index contributed by atoms with van der Waals surface area (Å²) in [7, 11) is 1.64. The van der Waals surface area contributed by atoms with Gasteiger partial charge in [-0.2, -0.15) is 0 Å². The molecule has 0 spiro atoms. The van der Waals surface area contributed by atoms with Crippen molar-refractivity contribution in [2.45, 2.75) is 13.3 Å². The van der Waals surface area contributed by atoms with Gasteiger partial charge in [0.1, 0.15) is 5.75 Å². The van der Waals surface area contributed by atoms with Crippen molar-refractivity contribution in [1.29, 1.82) is 0 Å². The molecular formula is C19H19NO3. The molecule has 3 aromatic rings. The number of nitrogens with one attached hydrogen (secondary N) is 1. The lowest BCUT2D eigenvalue weighted by atomic mass is 10.0. The number of rotatable bonds is 5. The Bertz CT molecular complexity index is 818. The van der Waals surface area contributed by atoms with Crippen LogP contribution in [0, 0.1) is 0 Å². The molecule has 1 aromatic heterocycles. The van der Waals surface area contributed by atoms with E-state index in [4.69, 9.17) is 9.47 Å². The molecule has 0 fully saturated rings. The van der Waals surface area contributed by atoms with E-state index in [1.165, 1.54) is 0 Å². The molecule has 23 heavy (non-hydrogen) atoms. The molecule has 0 aliphatic carbocycles. The summed E-state index contributed by atoms with van der Waals surface area (Å²) in [6.45, 7) is 2.20. The maximum absolute atomic E-state index is 12.0. The van der Waals surface area contributed by atoms with E-state index in [1.807, 2.05) is 55.5 Å². The molecule has 118 valence electrons. The van der Waals surface area contributed by atoms with Gasteiger partial charge in [-0.05, 0) is 48.4 Å². The Morgan fingerprint density at radius 1 is 1.09 bits per heavy atom. The van der Waals surface area contributed by atoms with E-state index in [9.17, 15) is 4.79 Å². The predicted octanol–water partition coefficient (Wildman–Crippen LogP) is 3.95. The van der Waals surface area contributed by atoms with Crippen molar-refractivity contribution in [2.75, 3.05) is 13.7 Å². The van der Waals surface area contributed by atoms with Crippen molar-refractivity contribution in [3.63, 3.8) is 0 Å². The van der Waals surface area contributed by atoms with Crippen LogP contribution in [0.15, 0.2) is 48.5 Å². The number of methoxy groups -OCH3 is 1.